The van der Waals surface area contributed by atoms with E-state index in [0.29, 0.717) is 30.8 Å². The second-order valence-electron chi connectivity index (χ2n) is 11.0. The summed E-state index contributed by atoms with van der Waals surface area (Å²) in [5.74, 6) is 1.62. The van der Waals surface area contributed by atoms with E-state index < -0.39 is 11.6 Å². The van der Waals surface area contributed by atoms with Gasteiger partial charge in [-0.15, -0.1) is 0 Å². The van der Waals surface area contributed by atoms with Gasteiger partial charge in [0.25, 0.3) is 5.91 Å². The summed E-state index contributed by atoms with van der Waals surface area (Å²) in [6, 6.07) is 17.3. The third-order valence-corrected chi connectivity index (χ3v) is 6.98. The summed E-state index contributed by atoms with van der Waals surface area (Å²) < 4.78 is 9.88. The maximum Gasteiger partial charge on any atom is 0.339 e. The molecular formula is C31H35N5O3. The largest absolute Gasteiger partial charge is 0.456 e. The van der Waals surface area contributed by atoms with E-state index in [-0.39, 0.29) is 11.8 Å². The Morgan fingerprint density at radius 1 is 0.846 bits per heavy atom. The number of esters is 1. The van der Waals surface area contributed by atoms with E-state index in [2.05, 4.69) is 26.3 Å². The number of aromatic nitrogens is 4. The number of hydrogen-bond donors (Lipinski definition) is 0. The van der Waals surface area contributed by atoms with Crippen LogP contribution in [0.3, 0.4) is 0 Å². The SMILES string of the molecule is CC(C)(C)OC(=O)c1ccccc1C(=O)N1CCC(c2nccn2Cc2nccn2Cc2ccccc2)CC1. The van der Waals surface area contributed by atoms with Gasteiger partial charge in [0.2, 0.25) is 0 Å². The van der Waals surface area contributed by atoms with Crippen molar-refractivity contribution >= 4 is 11.9 Å². The molecule has 0 aliphatic carbocycles. The Labute approximate surface area is 229 Å². The van der Waals surface area contributed by atoms with Crippen molar-refractivity contribution in [3.05, 3.63) is 108 Å². The summed E-state index contributed by atoms with van der Waals surface area (Å²) >= 11 is 0. The first-order valence-electron chi connectivity index (χ1n) is 13.4. The van der Waals surface area contributed by atoms with Gasteiger partial charge < -0.3 is 18.8 Å². The Hall–Kier alpha value is -4.20. The van der Waals surface area contributed by atoms with Crippen molar-refractivity contribution < 1.29 is 14.3 Å². The number of benzene rings is 2. The average Bonchev–Trinajstić information content (AvgIpc) is 3.58. The van der Waals surface area contributed by atoms with Crippen LogP contribution >= 0.6 is 0 Å². The van der Waals surface area contributed by atoms with Gasteiger partial charge in [-0.05, 0) is 51.3 Å². The van der Waals surface area contributed by atoms with E-state index >= 15 is 0 Å². The number of nitrogens with zero attached hydrogens (tertiary/aromatic N) is 5. The van der Waals surface area contributed by atoms with E-state index in [4.69, 9.17) is 9.72 Å². The molecule has 1 saturated heterocycles. The minimum Gasteiger partial charge on any atom is -0.456 e. The molecule has 1 fully saturated rings. The monoisotopic (exact) mass is 525 g/mol. The smallest absolute Gasteiger partial charge is 0.339 e. The lowest BCUT2D eigenvalue weighted by molar-refractivity contribution is 0.00664. The third-order valence-electron chi connectivity index (χ3n) is 6.98. The lowest BCUT2D eigenvalue weighted by Gasteiger charge is -2.32. The number of likely N-dealkylation sites (tertiary alicyclic amines) is 1. The predicted octanol–water partition coefficient (Wildman–Crippen LogP) is 5.15. The van der Waals surface area contributed by atoms with Crippen molar-refractivity contribution in [3.63, 3.8) is 0 Å². The van der Waals surface area contributed by atoms with Crippen LogP contribution in [0.2, 0.25) is 0 Å². The molecule has 1 aliphatic rings. The molecule has 0 unspecified atom stereocenters. The van der Waals surface area contributed by atoms with Crippen LogP contribution in [-0.2, 0) is 17.8 Å². The van der Waals surface area contributed by atoms with Crippen molar-refractivity contribution in [2.24, 2.45) is 0 Å². The first kappa shape index (κ1) is 26.4. The molecule has 0 spiro atoms. The Bertz CT molecular complexity index is 1430. The van der Waals surface area contributed by atoms with Crippen molar-refractivity contribution in [3.8, 4) is 0 Å². The van der Waals surface area contributed by atoms with Gasteiger partial charge in [0, 0.05) is 50.3 Å². The highest BCUT2D eigenvalue weighted by molar-refractivity contribution is 6.05. The summed E-state index contributed by atoms with van der Waals surface area (Å²) in [6.07, 6.45) is 9.30. The molecule has 1 amide bonds. The van der Waals surface area contributed by atoms with Crippen LogP contribution in [0.4, 0.5) is 0 Å². The van der Waals surface area contributed by atoms with Gasteiger partial charge >= 0.3 is 5.97 Å². The quantitative estimate of drug-likeness (QED) is 0.312. The summed E-state index contributed by atoms with van der Waals surface area (Å²) in [4.78, 5) is 37.3. The molecule has 8 nitrogen and oxygen atoms in total. The molecule has 2 aromatic carbocycles. The number of hydrogen-bond acceptors (Lipinski definition) is 5. The number of rotatable bonds is 7. The average molecular weight is 526 g/mol. The summed E-state index contributed by atoms with van der Waals surface area (Å²) in [6.45, 7) is 8.06. The van der Waals surface area contributed by atoms with Gasteiger partial charge in [-0.3, -0.25) is 4.79 Å². The first-order chi connectivity index (χ1) is 18.8. The second-order valence-corrected chi connectivity index (χ2v) is 11.0. The molecule has 0 bridgehead atoms. The number of carbonyl (C=O) groups excluding carboxylic acids is 2. The van der Waals surface area contributed by atoms with Crippen LogP contribution in [0.1, 0.15) is 77.5 Å². The minimum atomic E-state index is -0.633. The van der Waals surface area contributed by atoms with E-state index in [9.17, 15) is 9.59 Å². The van der Waals surface area contributed by atoms with Gasteiger partial charge in [0.15, 0.2) is 0 Å². The lowest BCUT2D eigenvalue weighted by atomic mass is 9.95. The fraction of sp³-hybridized carbons (Fsp3) is 0.355. The third kappa shape index (κ3) is 6.28. The number of ether oxygens (including phenoxy) is 1. The maximum absolute atomic E-state index is 13.4. The Kier molecular flexibility index (Phi) is 7.63. The molecule has 0 radical (unpaired) electrons. The van der Waals surface area contributed by atoms with Crippen molar-refractivity contribution in [2.75, 3.05) is 13.1 Å². The molecule has 0 saturated carbocycles. The first-order valence-corrected chi connectivity index (χ1v) is 13.4. The fourth-order valence-electron chi connectivity index (χ4n) is 5.07. The standard InChI is InChI=1S/C31H35N5O3/c1-31(2,3)39-30(38)26-12-8-7-11-25(26)29(37)34-17-13-24(14-18-34)28-33-16-20-36(28)22-27-32-15-19-35(27)21-23-9-5-4-6-10-23/h4-12,15-16,19-20,24H,13-14,17-18,21-22H2,1-3H3. The Morgan fingerprint density at radius 3 is 2.21 bits per heavy atom. The zero-order chi connectivity index (χ0) is 27.4. The summed E-state index contributed by atoms with van der Waals surface area (Å²) in [7, 11) is 0. The minimum absolute atomic E-state index is 0.138. The van der Waals surface area contributed by atoms with Crippen LogP contribution in [-0.4, -0.2) is 54.6 Å². The molecule has 0 N–H and O–H groups in total. The van der Waals surface area contributed by atoms with Gasteiger partial charge in [-0.25, -0.2) is 14.8 Å². The normalized spacial score (nSPS) is 14.4. The van der Waals surface area contributed by atoms with Crippen LogP contribution in [0.5, 0.6) is 0 Å². The van der Waals surface area contributed by atoms with Crippen molar-refractivity contribution in [2.45, 2.75) is 58.2 Å². The van der Waals surface area contributed by atoms with Gasteiger partial charge in [0.1, 0.15) is 17.2 Å². The Balaban J connectivity index is 1.24. The van der Waals surface area contributed by atoms with E-state index in [0.717, 1.165) is 31.0 Å². The fourth-order valence-corrected chi connectivity index (χ4v) is 5.07. The topological polar surface area (TPSA) is 82.2 Å². The number of imidazole rings is 2. The van der Waals surface area contributed by atoms with Gasteiger partial charge in [-0.2, -0.15) is 0 Å². The predicted molar refractivity (Wildman–Crippen MR) is 149 cm³/mol. The Morgan fingerprint density at radius 2 is 1.49 bits per heavy atom. The van der Waals surface area contributed by atoms with Crippen molar-refractivity contribution in [1.82, 2.24) is 24.0 Å². The summed E-state index contributed by atoms with van der Waals surface area (Å²) in [5, 5.41) is 0. The summed E-state index contributed by atoms with van der Waals surface area (Å²) in [5.41, 5.74) is 1.29. The van der Waals surface area contributed by atoms with Crippen LogP contribution < -0.4 is 0 Å². The van der Waals surface area contributed by atoms with Crippen LogP contribution in [0.15, 0.2) is 79.4 Å². The number of carbonyl (C=O) groups is 2. The molecule has 202 valence electrons. The maximum atomic E-state index is 13.4. The van der Waals surface area contributed by atoms with E-state index in [1.807, 2.05) is 68.7 Å². The molecule has 8 heteroatoms. The molecule has 3 heterocycles. The number of amides is 1. The highest BCUT2D eigenvalue weighted by atomic mass is 16.6. The molecule has 2 aromatic heterocycles. The highest BCUT2D eigenvalue weighted by Crippen LogP contribution is 2.29. The lowest BCUT2D eigenvalue weighted by Crippen LogP contribution is -2.39. The second kappa shape index (κ2) is 11.3. The molecular weight excluding hydrogens is 490 g/mol. The molecule has 5 rings (SSSR count). The van der Waals surface area contributed by atoms with Crippen LogP contribution in [0, 0.1) is 0 Å². The highest BCUT2D eigenvalue weighted by Gasteiger charge is 2.30. The zero-order valence-electron chi connectivity index (χ0n) is 22.8. The zero-order valence-corrected chi connectivity index (χ0v) is 22.8. The van der Waals surface area contributed by atoms with Gasteiger partial charge in [0.05, 0.1) is 17.7 Å². The molecule has 0 atom stereocenters. The van der Waals surface area contributed by atoms with E-state index in [1.165, 1.54) is 5.56 Å². The van der Waals surface area contributed by atoms with Crippen molar-refractivity contribution in [1.29, 1.82) is 0 Å². The van der Waals surface area contributed by atoms with Crippen LogP contribution in [0.25, 0.3) is 0 Å². The molecule has 4 aromatic rings. The molecule has 39 heavy (non-hydrogen) atoms. The number of piperidine rings is 1. The van der Waals surface area contributed by atoms with Gasteiger partial charge in [-0.1, -0.05) is 42.5 Å². The van der Waals surface area contributed by atoms with E-state index in [1.54, 1.807) is 24.3 Å². The molecule has 1 aliphatic heterocycles.